The topological polar surface area (TPSA) is 46.9 Å². The quantitative estimate of drug-likeness (QED) is 0.766. The number of hydrogen-bond acceptors (Lipinski definition) is 2. The standard InChI is InChI=1S/C18H14ClF2N3O/c1-24-8-7-22-17(24)16(11-3-2-4-12(20)9-11)23-18(25)14-6-5-13(21)10-15(14)19/h2-10,16H,1H3,(H,23,25). The van der Waals surface area contributed by atoms with Gasteiger partial charge in [0.15, 0.2) is 0 Å². The van der Waals surface area contributed by atoms with Gasteiger partial charge in [0.05, 0.1) is 10.6 Å². The number of hydrogen-bond donors (Lipinski definition) is 1. The molecule has 128 valence electrons. The van der Waals surface area contributed by atoms with Crippen molar-refractivity contribution in [3.05, 3.63) is 88.5 Å². The molecular weight excluding hydrogens is 348 g/mol. The van der Waals surface area contributed by atoms with Gasteiger partial charge in [-0.1, -0.05) is 23.7 Å². The lowest BCUT2D eigenvalue weighted by Gasteiger charge is -2.19. The van der Waals surface area contributed by atoms with Gasteiger partial charge < -0.3 is 9.88 Å². The number of benzene rings is 2. The maximum Gasteiger partial charge on any atom is 0.253 e. The minimum Gasteiger partial charge on any atom is -0.338 e. The number of carbonyl (C=O) groups is 1. The fourth-order valence-electron chi connectivity index (χ4n) is 2.52. The van der Waals surface area contributed by atoms with Gasteiger partial charge in [-0.25, -0.2) is 13.8 Å². The second kappa shape index (κ2) is 7.03. The molecule has 2 aromatic carbocycles. The van der Waals surface area contributed by atoms with E-state index in [4.69, 9.17) is 11.6 Å². The Kier molecular flexibility index (Phi) is 4.81. The highest BCUT2D eigenvalue weighted by Gasteiger charge is 2.23. The van der Waals surface area contributed by atoms with Crippen molar-refractivity contribution < 1.29 is 13.6 Å². The molecule has 0 spiro atoms. The van der Waals surface area contributed by atoms with Crippen LogP contribution in [0.4, 0.5) is 8.78 Å². The Morgan fingerprint density at radius 1 is 1.20 bits per heavy atom. The first-order valence-corrected chi connectivity index (χ1v) is 7.82. The predicted molar refractivity (Wildman–Crippen MR) is 90.3 cm³/mol. The average Bonchev–Trinajstić information content (AvgIpc) is 2.98. The molecule has 25 heavy (non-hydrogen) atoms. The Labute approximate surface area is 148 Å². The average molecular weight is 362 g/mol. The zero-order valence-electron chi connectivity index (χ0n) is 13.2. The monoisotopic (exact) mass is 361 g/mol. The van der Waals surface area contributed by atoms with Gasteiger partial charge in [0.25, 0.3) is 5.91 Å². The molecule has 0 saturated carbocycles. The fraction of sp³-hybridized carbons (Fsp3) is 0.111. The van der Waals surface area contributed by atoms with Crippen molar-refractivity contribution in [1.82, 2.24) is 14.9 Å². The van der Waals surface area contributed by atoms with E-state index in [-0.39, 0.29) is 10.6 Å². The lowest BCUT2D eigenvalue weighted by molar-refractivity contribution is 0.0941. The molecular formula is C18H14ClF2N3O. The summed E-state index contributed by atoms with van der Waals surface area (Å²) < 4.78 is 28.5. The maximum absolute atomic E-state index is 13.6. The van der Waals surface area contributed by atoms with E-state index in [1.807, 2.05) is 0 Å². The van der Waals surface area contributed by atoms with Crippen molar-refractivity contribution in [2.24, 2.45) is 7.05 Å². The Balaban J connectivity index is 1.98. The van der Waals surface area contributed by atoms with Gasteiger partial charge >= 0.3 is 0 Å². The van der Waals surface area contributed by atoms with Gasteiger partial charge in [-0.3, -0.25) is 4.79 Å². The Morgan fingerprint density at radius 3 is 2.60 bits per heavy atom. The molecule has 0 aliphatic heterocycles. The SMILES string of the molecule is Cn1ccnc1C(NC(=O)c1ccc(F)cc1Cl)c1cccc(F)c1. The lowest BCUT2D eigenvalue weighted by atomic mass is 10.0. The highest BCUT2D eigenvalue weighted by molar-refractivity contribution is 6.33. The second-order valence-electron chi connectivity index (χ2n) is 5.48. The van der Waals surface area contributed by atoms with Crippen molar-refractivity contribution in [2.45, 2.75) is 6.04 Å². The largest absolute Gasteiger partial charge is 0.338 e. The van der Waals surface area contributed by atoms with Gasteiger partial charge in [0.2, 0.25) is 0 Å². The zero-order chi connectivity index (χ0) is 18.0. The summed E-state index contributed by atoms with van der Waals surface area (Å²) in [5, 5.41) is 2.78. The molecule has 0 bridgehead atoms. The van der Waals surface area contributed by atoms with E-state index in [9.17, 15) is 13.6 Å². The molecule has 1 atom stereocenters. The molecule has 1 N–H and O–H groups in total. The third-order valence-corrected chi connectivity index (χ3v) is 4.06. The molecule has 7 heteroatoms. The first kappa shape index (κ1) is 17.1. The third-order valence-electron chi connectivity index (χ3n) is 3.75. The van der Waals surface area contributed by atoms with Crippen LogP contribution in [0.1, 0.15) is 27.8 Å². The Hall–Kier alpha value is -2.73. The van der Waals surface area contributed by atoms with Gasteiger partial charge in [-0.05, 0) is 35.9 Å². The minimum atomic E-state index is -0.690. The predicted octanol–water partition coefficient (Wildman–Crippen LogP) is 3.87. The molecule has 0 saturated heterocycles. The van der Waals surface area contributed by atoms with E-state index in [1.165, 1.54) is 18.2 Å². The first-order valence-electron chi connectivity index (χ1n) is 7.44. The highest BCUT2D eigenvalue weighted by atomic mass is 35.5. The Morgan fingerprint density at radius 2 is 1.96 bits per heavy atom. The summed E-state index contributed by atoms with van der Waals surface area (Å²) in [6, 6.07) is 8.71. The van der Waals surface area contributed by atoms with Crippen LogP contribution >= 0.6 is 11.6 Å². The van der Waals surface area contributed by atoms with Crippen LogP contribution in [0, 0.1) is 11.6 Å². The number of nitrogens with one attached hydrogen (secondary N) is 1. The minimum absolute atomic E-state index is 0.00432. The molecule has 3 aromatic rings. The fourth-order valence-corrected chi connectivity index (χ4v) is 2.77. The molecule has 4 nitrogen and oxygen atoms in total. The summed E-state index contributed by atoms with van der Waals surface area (Å²) >= 11 is 5.95. The van der Waals surface area contributed by atoms with E-state index in [0.717, 1.165) is 12.1 Å². The van der Waals surface area contributed by atoms with E-state index < -0.39 is 23.6 Å². The van der Waals surface area contributed by atoms with Gasteiger partial charge in [-0.2, -0.15) is 0 Å². The summed E-state index contributed by atoms with van der Waals surface area (Å²) in [7, 11) is 1.77. The van der Waals surface area contributed by atoms with Crippen LogP contribution in [0.3, 0.4) is 0 Å². The number of halogens is 3. The van der Waals surface area contributed by atoms with Crippen LogP contribution in [-0.2, 0) is 7.05 Å². The summed E-state index contributed by atoms with van der Waals surface area (Å²) in [6.07, 6.45) is 3.30. The van der Waals surface area contributed by atoms with Crippen LogP contribution in [0.15, 0.2) is 54.9 Å². The molecule has 0 radical (unpaired) electrons. The van der Waals surface area contributed by atoms with Crippen molar-refractivity contribution in [3.8, 4) is 0 Å². The van der Waals surface area contributed by atoms with Crippen LogP contribution in [0.25, 0.3) is 0 Å². The highest BCUT2D eigenvalue weighted by Crippen LogP contribution is 2.23. The molecule has 3 rings (SSSR count). The van der Waals surface area contributed by atoms with Crippen molar-refractivity contribution in [1.29, 1.82) is 0 Å². The van der Waals surface area contributed by atoms with Crippen LogP contribution in [-0.4, -0.2) is 15.5 Å². The first-order chi connectivity index (χ1) is 12.0. The van der Waals surface area contributed by atoms with Gasteiger partial charge in [0, 0.05) is 19.4 Å². The van der Waals surface area contributed by atoms with Crippen LogP contribution in [0.5, 0.6) is 0 Å². The van der Waals surface area contributed by atoms with Crippen molar-refractivity contribution >= 4 is 17.5 Å². The van der Waals surface area contributed by atoms with Crippen LogP contribution in [0.2, 0.25) is 5.02 Å². The van der Waals surface area contributed by atoms with Crippen molar-refractivity contribution in [2.75, 3.05) is 0 Å². The summed E-state index contributed by atoms with van der Waals surface area (Å²) in [5.41, 5.74) is 0.652. The molecule has 1 heterocycles. The number of carbonyl (C=O) groups excluding carboxylic acids is 1. The second-order valence-corrected chi connectivity index (χ2v) is 5.89. The normalized spacial score (nSPS) is 12.0. The number of aromatic nitrogens is 2. The maximum atomic E-state index is 13.6. The van der Waals surface area contributed by atoms with Gasteiger partial charge in [0.1, 0.15) is 23.5 Å². The molecule has 0 aliphatic rings. The van der Waals surface area contributed by atoms with Crippen LogP contribution < -0.4 is 5.32 Å². The molecule has 1 unspecified atom stereocenters. The van der Waals surface area contributed by atoms with E-state index >= 15 is 0 Å². The van der Waals surface area contributed by atoms with E-state index in [0.29, 0.717) is 11.4 Å². The number of nitrogens with zero attached hydrogens (tertiary/aromatic N) is 2. The summed E-state index contributed by atoms with van der Waals surface area (Å²) in [5.74, 6) is -0.947. The van der Waals surface area contributed by atoms with E-state index in [1.54, 1.807) is 36.1 Å². The molecule has 1 amide bonds. The molecule has 0 fully saturated rings. The number of imidazole rings is 1. The number of rotatable bonds is 4. The van der Waals surface area contributed by atoms with Gasteiger partial charge in [-0.15, -0.1) is 0 Å². The third kappa shape index (κ3) is 3.69. The summed E-state index contributed by atoms with van der Waals surface area (Å²) in [6.45, 7) is 0. The molecule has 1 aromatic heterocycles. The molecule has 0 aliphatic carbocycles. The lowest BCUT2D eigenvalue weighted by Crippen LogP contribution is -2.31. The number of aryl methyl sites for hydroxylation is 1. The summed E-state index contributed by atoms with van der Waals surface area (Å²) in [4.78, 5) is 16.8. The van der Waals surface area contributed by atoms with E-state index in [2.05, 4.69) is 10.3 Å². The smallest absolute Gasteiger partial charge is 0.253 e. The van der Waals surface area contributed by atoms with Crippen molar-refractivity contribution in [3.63, 3.8) is 0 Å². The Bertz CT molecular complexity index is 926. The zero-order valence-corrected chi connectivity index (χ0v) is 14.0. The number of amides is 1.